The Morgan fingerprint density at radius 2 is 2.11 bits per heavy atom. The van der Waals surface area contributed by atoms with E-state index in [1.807, 2.05) is 6.07 Å². The molecule has 2 unspecified atom stereocenters. The molecule has 2 nitrogen and oxygen atoms in total. The summed E-state index contributed by atoms with van der Waals surface area (Å²) in [5.74, 6) is 1.83. The molecule has 2 atom stereocenters. The number of hydrogen-bond acceptors (Lipinski definition) is 2. The number of hydrogen-bond donors (Lipinski definition) is 1. The van der Waals surface area contributed by atoms with E-state index < -0.39 is 0 Å². The molecule has 0 spiro atoms. The Kier molecular flexibility index (Phi) is 5.56. The van der Waals surface area contributed by atoms with Gasteiger partial charge in [0.2, 0.25) is 0 Å². The number of nitrogens with one attached hydrogen (secondary N) is 1. The third-order valence-corrected chi connectivity index (χ3v) is 4.84. The summed E-state index contributed by atoms with van der Waals surface area (Å²) in [6.45, 7) is 2.32. The van der Waals surface area contributed by atoms with Crippen LogP contribution in [-0.2, 0) is 0 Å². The molecular formula is C16H24BrNO. The molecule has 0 heterocycles. The van der Waals surface area contributed by atoms with Crippen LogP contribution in [-0.4, -0.2) is 13.2 Å². The van der Waals surface area contributed by atoms with Crippen molar-refractivity contribution < 1.29 is 4.74 Å². The first kappa shape index (κ1) is 14.7. The number of ether oxygens (including phenoxy) is 1. The van der Waals surface area contributed by atoms with Crippen LogP contribution < -0.4 is 10.1 Å². The number of halogens is 1. The van der Waals surface area contributed by atoms with Crippen LogP contribution in [0.25, 0.3) is 0 Å². The van der Waals surface area contributed by atoms with Crippen LogP contribution in [0.15, 0.2) is 22.7 Å². The van der Waals surface area contributed by atoms with Gasteiger partial charge in [0.25, 0.3) is 0 Å². The molecular weight excluding hydrogens is 302 g/mol. The summed E-state index contributed by atoms with van der Waals surface area (Å²) in [5, 5.41) is 3.67. The first-order valence-corrected chi connectivity index (χ1v) is 8.12. The maximum Gasteiger partial charge on any atom is 0.135 e. The van der Waals surface area contributed by atoms with Crippen molar-refractivity contribution in [1.82, 2.24) is 0 Å². The van der Waals surface area contributed by atoms with Gasteiger partial charge in [0, 0.05) is 17.8 Å². The smallest absolute Gasteiger partial charge is 0.135 e. The lowest BCUT2D eigenvalue weighted by atomic mass is 9.98. The summed E-state index contributed by atoms with van der Waals surface area (Å²) in [4.78, 5) is 0. The summed E-state index contributed by atoms with van der Waals surface area (Å²) >= 11 is 3.49. The van der Waals surface area contributed by atoms with Crippen molar-refractivity contribution in [1.29, 1.82) is 0 Å². The maximum absolute atomic E-state index is 5.35. The lowest BCUT2D eigenvalue weighted by Crippen LogP contribution is -2.18. The van der Waals surface area contributed by atoms with E-state index in [1.165, 1.54) is 44.2 Å². The molecule has 1 N–H and O–H groups in total. The predicted octanol–water partition coefficient (Wildman–Crippen LogP) is 5.23. The standard InChI is InChI=1S/C16H24BrNO/c1-3-12-5-4-6-13(8-7-12)18-14-9-10-15(17)16(11-14)19-2/h9-13,18H,3-8H2,1-2H3. The minimum Gasteiger partial charge on any atom is -0.495 e. The fourth-order valence-corrected chi connectivity index (χ4v) is 3.32. The molecule has 1 aromatic rings. The molecule has 1 saturated carbocycles. The summed E-state index contributed by atoms with van der Waals surface area (Å²) in [5.41, 5.74) is 1.17. The average Bonchev–Trinajstić information content (AvgIpc) is 2.66. The Morgan fingerprint density at radius 3 is 2.84 bits per heavy atom. The van der Waals surface area contributed by atoms with Gasteiger partial charge in [-0.05, 0) is 53.2 Å². The van der Waals surface area contributed by atoms with Crippen LogP contribution >= 0.6 is 15.9 Å². The highest BCUT2D eigenvalue weighted by Gasteiger charge is 2.17. The van der Waals surface area contributed by atoms with Crippen LogP contribution in [0.2, 0.25) is 0 Å². The van der Waals surface area contributed by atoms with Crippen molar-refractivity contribution in [2.45, 2.75) is 51.5 Å². The minimum absolute atomic E-state index is 0.613. The fourth-order valence-electron chi connectivity index (χ4n) is 2.92. The molecule has 0 aliphatic heterocycles. The van der Waals surface area contributed by atoms with E-state index in [1.54, 1.807) is 7.11 Å². The zero-order valence-electron chi connectivity index (χ0n) is 11.9. The van der Waals surface area contributed by atoms with E-state index in [0.717, 1.165) is 16.1 Å². The summed E-state index contributed by atoms with van der Waals surface area (Å²) in [7, 11) is 1.71. The second kappa shape index (κ2) is 7.18. The van der Waals surface area contributed by atoms with E-state index in [0.29, 0.717) is 6.04 Å². The number of anilines is 1. The highest BCUT2D eigenvalue weighted by molar-refractivity contribution is 9.10. The van der Waals surface area contributed by atoms with Gasteiger partial charge in [-0.3, -0.25) is 0 Å². The van der Waals surface area contributed by atoms with Gasteiger partial charge in [0.15, 0.2) is 0 Å². The predicted molar refractivity (Wildman–Crippen MR) is 85.0 cm³/mol. The number of benzene rings is 1. The van der Waals surface area contributed by atoms with Gasteiger partial charge in [0.1, 0.15) is 5.75 Å². The third kappa shape index (κ3) is 4.13. The molecule has 0 amide bonds. The summed E-state index contributed by atoms with van der Waals surface area (Å²) < 4.78 is 6.35. The quantitative estimate of drug-likeness (QED) is 0.765. The van der Waals surface area contributed by atoms with Gasteiger partial charge < -0.3 is 10.1 Å². The Bertz CT molecular complexity index is 408. The van der Waals surface area contributed by atoms with Gasteiger partial charge in [-0.25, -0.2) is 0 Å². The molecule has 1 aromatic carbocycles. The summed E-state index contributed by atoms with van der Waals surface area (Å²) in [6, 6.07) is 6.86. The van der Waals surface area contributed by atoms with E-state index in [2.05, 4.69) is 40.3 Å². The molecule has 2 rings (SSSR count). The molecule has 0 saturated heterocycles. The van der Waals surface area contributed by atoms with Gasteiger partial charge in [-0.2, -0.15) is 0 Å². The van der Waals surface area contributed by atoms with Crippen molar-refractivity contribution in [3.63, 3.8) is 0 Å². The lowest BCUT2D eigenvalue weighted by Gasteiger charge is -2.18. The first-order chi connectivity index (χ1) is 9.22. The normalized spacial score (nSPS) is 23.7. The van der Waals surface area contributed by atoms with Crippen molar-refractivity contribution in [3.05, 3.63) is 22.7 Å². The van der Waals surface area contributed by atoms with E-state index in [9.17, 15) is 0 Å². The average molecular weight is 326 g/mol. The van der Waals surface area contributed by atoms with E-state index in [4.69, 9.17) is 4.74 Å². The van der Waals surface area contributed by atoms with E-state index >= 15 is 0 Å². The Morgan fingerprint density at radius 1 is 1.26 bits per heavy atom. The Balaban J connectivity index is 1.97. The second-order valence-electron chi connectivity index (χ2n) is 5.47. The molecule has 1 aliphatic carbocycles. The van der Waals surface area contributed by atoms with Crippen LogP contribution in [0.4, 0.5) is 5.69 Å². The van der Waals surface area contributed by atoms with Gasteiger partial charge in [-0.1, -0.05) is 26.2 Å². The fraction of sp³-hybridized carbons (Fsp3) is 0.625. The Labute approximate surface area is 125 Å². The van der Waals surface area contributed by atoms with Crippen molar-refractivity contribution in [3.8, 4) is 5.75 Å². The lowest BCUT2D eigenvalue weighted by molar-refractivity contribution is 0.412. The zero-order valence-corrected chi connectivity index (χ0v) is 13.5. The van der Waals surface area contributed by atoms with Crippen LogP contribution in [0.1, 0.15) is 45.4 Å². The van der Waals surface area contributed by atoms with E-state index in [-0.39, 0.29) is 0 Å². The molecule has 0 bridgehead atoms. The monoisotopic (exact) mass is 325 g/mol. The summed E-state index contributed by atoms with van der Waals surface area (Å²) in [6.07, 6.45) is 8.02. The SMILES string of the molecule is CCC1CCCC(Nc2ccc(Br)c(OC)c2)CC1. The van der Waals surface area contributed by atoms with Crippen LogP contribution in [0.3, 0.4) is 0 Å². The molecule has 1 fully saturated rings. The molecule has 3 heteroatoms. The topological polar surface area (TPSA) is 21.3 Å². The number of rotatable bonds is 4. The second-order valence-corrected chi connectivity index (χ2v) is 6.33. The third-order valence-electron chi connectivity index (χ3n) is 4.19. The van der Waals surface area contributed by atoms with Crippen molar-refractivity contribution >= 4 is 21.6 Å². The number of methoxy groups -OCH3 is 1. The molecule has 19 heavy (non-hydrogen) atoms. The van der Waals surface area contributed by atoms with Gasteiger partial charge >= 0.3 is 0 Å². The van der Waals surface area contributed by atoms with Gasteiger partial charge in [-0.15, -0.1) is 0 Å². The van der Waals surface area contributed by atoms with Gasteiger partial charge in [0.05, 0.1) is 11.6 Å². The maximum atomic E-state index is 5.35. The van der Waals surface area contributed by atoms with Crippen molar-refractivity contribution in [2.75, 3.05) is 12.4 Å². The van der Waals surface area contributed by atoms with Crippen LogP contribution in [0.5, 0.6) is 5.75 Å². The molecule has 0 radical (unpaired) electrons. The zero-order chi connectivity index (χ0) is 13.7. The molecule has 106 valence electrons. The highest BCUT2D eigenvalue weighted by atomic mass is 79.9. The Hall–Kier alpha value is -0.700. The molecule has 1 aliphatic rings. The minimum atomic E-state index is 0.613. The first-order valence-electron chi connectivity index (χ1n) is 7.33. The van der Waals surface area contributed by atoms with Crippen molar-refractivity contribution in [2.24, 2.45) is 5.92 Å². The van der Waals surface area contributed by atoms with Crippen LogP contribution in [0, 0.1) is 5.92 Å². The largest absolute Gasteiger partial charge is 0.495 e. The molecule has 0 aromatic heterocycles. The highest BCUT2D eigenvalue weighted by Crippen LogP contribution is 2.31.